The Hall–Kier alpha value is -1.69. The van der Waals surface area contributed by atoms with Crippen LogP contribution in [0.2, 0.25) is 0 Å². The molecule has 0 saturated carbocycles. The summed E-state index contributed by atoms with van der Waals surface area (Å²) in [5.74, 6) is 0.565. The fraction of sp³-hybridized carbons (Fsp3) is 0.409. The van der Waals surface area contributed by atoms with Crippen molar-refractivity contribution in [3.8, 4) is 0 Å². The van der Waals surface area contributed by atoms with E-state index >= 15 is 0 Å². The molecule has 0 radical (unpaired) electrons. The van der Waals surface area contributed by atoms with Gasteiger partial charge in [-0.1, -0.05) is 6.07 Å². The third-order valence-electron chi connectivity index (χ3n) is 5.46. The van der Waals surface area contributed by atoms with Crippen LogP contribution in [0.25, 0.3) is 10.9 Å². The van der Waals surface area contributed by atoms with Gasteiger partial charge in [-0.15, -0.1) is 35.3 Å². The van der Waals surface area contributed by atoms with Gasteiger partial charge in [0.15, 0.2) is 5.96 Å². The molecule has 1 saturated heterocycles. The maximum atomic E-state index is 13.4. The molecule has 2 aromatic heterocycles. The van der Waals surface area contributed by atoms with Crippen molar-refractivity contribution in [3.05, 3.63) is 58.2 Å². The number of halogens is 2. The molecule has 1 fully saturated rings. The minimum Gasteiger partial charge on any atom is -0.379 e. The molecular formula is C22H29FIN5OS. The molecule has 0 spiro atoms. The van der Waals surface area contributed by atoms with Gasteiger partial charge >= 0.3 is 0 Å². The Morgan fingerprint density at radius 1 is 1.29 bits per heavy atom. The number of ether oxygens (including phenoxy) is 1. The zero-order valence-electron chi connectivity index (χ0n) is 17.6. The van der Waals surface area contributed by atoms with Gasteiger partial charge in [-0.25, -0.2) is 4.39 Å². The number of nitrogens with zero attached hydrogens (tertiary/aromatic N) is 2. The van der Waals surface area contributed by atoms with Crippen molar-refractivity contribution < 1.29 is 9.13 Å². The molecule has 31 heavy (non-hydrogen) atoms. The van der Waals surface area contributed by atoms with E-state index in [1.54, 1.807) is 18.4 Å². The summed E-state index contributed by atoms with van der Waals surface area (Å²) < 4.78 is 18.9. The number of fused-ring (bicyclic) bond motifs is 1. The first-order valence-electron chi connectivity index (χ1n) is 10.3. The number of benzene rings is 1. The molecule has 6 nitrogen and oxygen atoms in total. The maximum Gasteiger partial charge on any atom is 0.191 e. The highest BCUT2D eigenvalue weighted by Crippen LogP contribution is 2.25. The first-order chi connectivity index (χ1) is 14.7. The van der Waals surface area contributed by atoms with E-state index in [-0.39, 0.29) is 29.8 Å². The first-order valence-corrected chi connectivity index (χ1v) is 11.2. The number of guanidine groups is 1. The average molecular weight is 557 g/mol. The fourth-order valence-electron chi connectivity index (χ4n) is 3.87. The van der Waals surface area contributed by atoms with E-state index < -0.39 is 0 Å². The van der Waals surface area contributed by atoms with E-state index in [1.807, 2.05) is 12.3 Å². The molecule has 3 heterocycles. The summed E-state index contributed by atoms with van der Waals surface area (Å²) in [5, 5.41) is 10.1. The lowest BCUT2D eigenvalue weighted by Gasteiger charge is -2.34. The van der Waals surface area contributed by atoms with Crippen LogP contribution in [0, 0.1) is 5.82 Å². The molecule has 9 heteroatoms. The van der Waals surface area contributed by atoms with Gasteiger partial charge in [0.1, 0.15) is 5.82 Å². The Labute approximate surface area is 203 Å². The Bertz CT molecular complexity index is 972. The highest BCUT2D eigenvalue weighted by molar-refractivity contribution is 14.0. The van der Waals surface area contributed by atoms with Gasteiger partial charge in [0, 0.05) is 55.2 Å². The number of hydrogen-bond donors (Lipinski definition) is 3. The summed E-state index contributed by atoms with van der Waals surface area (Å²) in [4.78, 5) is 11.3. The van der Waals surface area contributed by atoms with Crippen LogP contribution in [-0.2, 0) is 11.2 Å². The lowest BCUT2D eigenvalue weighted by molar-refractivity contribution is 0.0177. The number of hydrogen-bond acceptors (Lipinski definition) is 4. The van der Waals surface area contributed by atoms with Gasteiger partial charge < -0.3 is 20.4 Å². The van der Waals surface area contributed by atoms with Crippen molar-refractivity contribution in [2.75, 3.05) is 46.4 Å². The highest BCUT2D eigenvalue weighted by atomic mass is 127. The molecule has 0 amide bonds. The number of aromatic amines is 1. The molecule has 168 valence electrons. The quantitative estimate of drug-likeness (QED) is 0.235. The Kier molecular flexibility index (Phi) is 9.12. The van der Waals surface area contributed by atoms with E-state index in [2.05, 4.69) is 43.0 Å². The monoisotopic (exact) mass is 557 g/mol. The van der Waals surface area contributed by atoms with Gasteiger partial charge in [-0.3, -0.25) is 9.89 Å². The molecule has 1 unspecified atom stereocenters. The number of aromatic nitrogens is 1. The largest absolute Gasteiger partial charge is 0.379 e. The van der Waals surface area contributed by atoms with E-state index in [1.165, 1.54) is 17.0 Å². The second-order valence-electron chi connectivity index (χ2n) is 7.31. The van der Waals surface area contributed by atoms with E-state index in [0.29, 0.717) is 6.04 Å². The molecule has 3 aromatic rings. The average Bonchev–Trinajstić information content (AvgIpc) is 3.43. The van der Waals surface area contributed by atoms with Gasteiger partial charge in [0.05, 0.1) is 19.3 Å². The number of thiophene rings is 1. The summed E-state index contributed by atoms with van der Waals surface area (Å²) in [6, 6.07) is 9.47. The van der Waals surface area contributed by atoms with Gasteiger partial charge in [0.25, 0.3) is 0 Å². The fourth-order valence-corrected chi connectivity index (χ4v) is 4.74. The van der Waals surface area contributed by atoms with Crippen LogP contribution in [0.3, 0.4) is 0 Å². The van der Waals surface area contributed by atoms with Crippen molar-refractivity contribution in [2.45, 2.75) is 12.5 Å². The molecular weight excluding hydrogens is 528 g/mol. The number of aliphatic imine (C=N–C) groups is 1. The first kappa shape index (κ1) is 24.0. The third kappa shape index (κ3) is 6.18. The van der Waals surface area contributed by atoms with Crippen molar-refractivity contribution in [2.24, 2.45) is 4.99 Å². The summed E-state index contributed by atoms with van der Waals surface area (Å²) in [7, 11) is 1.79. The topological polar surface area (TPSA) is 64.7 Å². The highest BCUT2D eigenvalue weighted by Gasteiger charge is 2.23. The molecule has 4 rings (SSSR count). The van der Waals surface area contributed by atoms with Crippen molar-refractivity contribution in [3.63, 3.8) is 0 Å². The predicted octanol–water partition coefficient (Wildman–Crippen LogP) is 3.77. The lowest BCUT2D eigenvalue weighted by atomic mass is 10.1. The number of rotatable bonds is 7. The van der Waals surface area contributed by atoms with E-state index in [4.69, 9.17) is 4.74 Å². The smallest absolute Gasteiger partial charge is 0.191 e. The van der Waals surface area contributed by atoms with Crippen molar-refractivity contribution in [1.82, 2.24) is 20.5 Å². The minimum absolute atomic E-state index is 0. The Morgan fingerprint density at radius 3 is 2.87 bits per heavy atom. The van der Waals surface area contributed by atoms with Gasteiger partial charge in [-0.2, -0.15) is 0 Å². The second-order valence-corrected chi connectivity index (χ2v) is 8.29. The van der Waals surface area contributed by atoms with Gasteiger partial charge in [-0.05, 0) is 41.6 Å². The third-order valence-corrected chi connectivity index (χ3v) is 6.43. The summed E-state index contributed by atoms with van der Waals surface area (Å²) in [5.41, 5.74) is 1.99. The predicted molar refractivity (Wildman–Crippen MR) is 136 cm³/mol. The normalized spacial score (nSPS) is 16.1. The SMILES string of the molecule is CN=C(NCCc1c[nH]c2cc(F)ccc12)NCC(c1cccs1)N1CCOCC1.I. The van der Waals surface area contributed by atoms with Gasteiger partial charge in [0.2, 0.25) is 0 Å². The number of morpholine rings is 1. The summed E-state index contributed by atoms with van der Waals surface area (Å²) >= 11 is 1.79. The molecule has 3 N–H and O–H groups in total. The van der Waals surface area contributed by atoms with Crippen molar-refractivity contribution >= 4 is 52.2 Å². The Balaban J connectivity index is 0.00000272. The summed E-state index contributed by atoms with van der Waals surface area (Å²) in [6.07, 6.45) is 2.78. The molecule has 0 aliphatic carbocycles. The van der Waals surface area contributed by atoms with Crippen LogP contribution in [0.15, 0.2) is 46.9 Å². The molecule has 1 aliphatic rings. The minimum atomic E-state index is -0.223. The van der Waals surface area contributed by atoms with E-state index in [0.717, 1.165) is 68.2 Å². The van der Waals surface area contributed by atoms with Crippen LogP contribution >= 0.6 is 35.3 Å². The second kappa shape index (κ2) is 11.8. The van der Waals surface area contributed by atoms with Crippen LogP contribution in [0.5, 0.6) is 0 Å². The number of H-pyrrole nitrogens is 1. The zero-order chi connectivity index (χ0) is 20.8. The number of nitrogens with one attached hydrogen (secondary N) is 3. The van der Waals surface area contributed by atoms with Crippen LogP contribution in [0.4, 0.5) is 4.39 Å². The molecule has 0 bridgehead atoms. The molecule has 1 aliphatic heterocycles. The Morgan fingerprint density at radius 2 is 2.13 bits per heavy atom. The maximum absolute atomic E-state index is 13.4. The van der Waals surface area contributed by atoms with Crippen LogP contribution in [-0.4, -0.2) is 62.3 Å². The van der Waals surface area contributed by atoms with Crippen LogP contribution in [0.1, 0.15) is 16.5 Å². The molecule has 1 atom stereocenters. The molecule has 1 aromatic carbocycles. The zero-order valence-corrected chi connectivity index (χ0v) is 20.7. The standard InChI is InChI=1S/C22H28FN5OS.HI/c1-24-22(25-7-6-16-14-26-19-13-17(23)4-5-18(16)19)27-15-20(21-3-2-12-30-21)28-8-10-29-11-9-28;/h2-5,12-14,20,26H,6-11,15H2,1H3,(H2,24,25,27);1H. The summed E-state index contributed by atoms with van der Waals surface area (Å²) in [6.45, 7) is 4.97. The lowest BCUT2D eigenvalue weighted by Crippen LogP contribution is -2.46. The van der Waals surface area contributed by atoms with Crippen LogP contribution < -0.4 is 10.6 Å². The van der Waals surface area contributed by atoms with E-state index in [9.17, 15) is 4.39 Å². The van der Waals surface area contributed by atoms with Crippen molar-refractivity contribution in [1.29, 1.82) is 0 Å².